The number of hydrogen-bond acceptors (Lipinski definition) is 4. The highest BCUT2D eigenvalue weighted by Crippen LogP contribution is 2.25. The van der Waals surface area contributed by atoms with Gasteiger partial charge in [0.15, 0.2) is 6.61 Å². The molecular formula is C17H11Cl2NO4. The quantitative estimate of drug-likeness (QED) is 0.691. The maximum absolute atomic E-state index is 11.9. The minimum Gasteiger partial charge on any atom is -0.450 e. The lowest BCUT2D eigenvalue weighted by Crippen LogP contribution is -2.20. The third-order valence-electron chi connectivity index (χ3n) is 3.16. The van der Waals surface area contributed by atoms with Crippen molar-refractivity contribution in [1.29, 1.82) is 0 Å². The highest BCUT2D eigenvalue weighted by Gasteiger charge is 2.15. The molecule has 122 valence electrons. The van der Waals surface area contributed by atoms with Crippen molar-refractivity contribution >= 4 is 51.7 Å². The Morgan fingerprint density at radius 1 is 1.04 bits per heavy atom. The fraction of sp³-hybridized carbons (Fsp3) is 0.0588. The smallest absolute Gasteiger partial charge is 0.374 e. The molecule has 0 radical (unpaired) electrons. The molecule has 0 saturated heterocycles. The summed E-state index contributed by atoms with van der Waals surface area (Å²) in [6, 6.07) is 13.4. The highest BCUT2D eigenvalue weighted by molar-refractivity contribution is 6.42. The van der Waals surface area contributed by atoms with Gasteiger partial charge in [-0.25, -0.2) is 4.79 Å². The van der Waals surface area contributed by atoms with E-state index < -0.39 is 18.5 Å². The highest BCUT2D eigenvalue weighted by atomic mass is 35.5. The zero-order chi connectivity index (χ0) is 17.1. The fourth-order valence-electron chi connectivity index (χ4n) is 2.06. The molecule has 2 aromatic carbocycles. The molecule has 0 aliphatic heterocycles. The van der Waals surface area contributed by atoms with Crippen molar-refractivity contribution in [3.63, 3.8) is 0 Å². The van der Waals surface area contributed by atoms with E-state index in [4.69, 9.17) is 32.4 Å². The van der Waals surface area contributed by atoms with Gasteiger partial charge in [-0.1, -0.05) is 41.4 Å². The van der Waals surface area contributed by atoms with Crippen molar-refractivity contribution in [2.45, 2.75) is 0 Å². The molecule has 0 unspecified atom stereocenters. The summed E-state index contributed by atoms with van der Waals surface area (Å²) >= 11 is 11.7. The molecule has 3 aromatic rings. The minimum atomic E-state index is -0.713. The van der Waals surface area contributed by atoms with Crippen LogP contribution in [0.1, 0.15) is 10.6 Å². The summed E-state index contributed by atoms with van der Waals surface area (Å²) in [6.45, 7) is -0.448. The van der Waals surface area contributed by atoms with E-state index in [1.54, 1.807) is 30.3 Å². The predicted molar refractivity (Wildman–Crippen MR) is 91.6 cm³/mol. The average molecular weight is 364 g/mol. The van der Waals surface area contributed by atoms with Gasteiger partial charge in [-0.3, -0.25) is 4.79 Å². The second kappa shape index (κ2) is 6.95. The molecule has 1 N–H and O–H groups in total. The van der Waals surface area contributed by atoms with Gasteiger partial charge >= 0.3 is 5.97 Å². The monoisotopic (exact) mass is 363 g/mol. The third kappa shape index (κ3) is 3.69. The van der Waals surface area contributed by atoms with Crippen molar-refractivity contribution in [2.24, 2.45) is 0 Å². The van der Waals surface area contributed by atoms with Crippen molar-refractivity contribution < 1.29 is 18.7 Å². The SMILES string of the molecule is O=C(COC(=O)c1cc2ccccc2o1)Nc1ccc(Cl)c(Cl)c1. The topological polar surface area (TPSA) is 68.5 Å². The Hall–Kier alpha value is -2.50. The molecule has 3 rings (SSSR count). The Balaban J connectivity index is 1.59. The maximum atomic E-state index is 11.9. The number of carbonyl (C=O) groups excluding carboxylic acids is 2. The molecule has 0 aliphatic rings. The number of esters is 1. The van der Waals surface area contributed by atoms with Crippen LogP contribution in [-0.4, -0.2) is 18.5 Å². The number of hydrogen-bond donors (Lipinski definition) is 1. The van der Waals surface area contributed by atoms with Crippen LogP contribution in [0.2, 0.25) is 10.0 Å². The van der Waals surface area contributed by atoms with Crippen LogP contribution in [0, 0.1) is 0 Å². The molecule has 0 aliphatic carbocycles. The number of halogens is 2. The first kappa shape index (κ1) is 16.4. The molecule has 5 nitrogen and oxygen atoms in total. The summed E-state index contributed by atoms with van der Waals surface area (Å²) in [4.78, 5) is 23.8. The molecule has 0 saturated carbocycles. The van der Waals surface area contributed by atoms with Gasteiger partial charge in [0, 0.05) is 11.1 Å². The predicted octanol–water partition coefficient (Wildman–Crippen LogP) is 4.54. The Morgan fingerprint density at radius 2 is 1.83 bits per heavy atom. The zero-order valence-corrected chi connectivity index (χ0v) is 13.7. The lowest BCUT2D eigenvalue weighted by molar-refractivity contribution is -0.119. The van der Waals surface area contributed by atoms with Gasteiger partial charge in [-0.15, -0.1) is 0 Å². The third-order valence-corrected chi connectivity index (χ3v) is 3.90. The zero-order valence-electron chi connectivity index (χ0n) is 12.2. The van der Waals surface area contributed by atoms with Crippen LogP contribution in [0.3, 0.4) is 0 Å². The van der Waals surface area contributed by atoms with Gasteiger partial charge in [-0.2, -0.15) is 0 Å². The van der Waals surface area contributed by atoms with E-state index >= 15 is 0 Å². The molecule has 24 heavy (non-hydrogen) atoms. The number of nitrogens with one attached hydrogen (secondary N) is 1. The van der Waals surface area contributed by atoms with Crippen molar-refractivity contribution in [3.05, 3.63) is 64.3 Å². The number of anilines is 1. The van der Waals surface area contributed by atoms with E-state index in [1.165, 1.54) is 6.07 Å². The van der Waals surface area contributed by atoms with Crippen LogP contribution in [0.5, 0.6) is 0 Å². The minimum absolute atomic E-state index is 0.0403. The van der Waals surface area contributed by atoms with Crippen LogP contribution in [0.25, 0.3) is 11.0 Å². The number of para-hydroxylation sites is 1. The average Bonchev–Trinajstić information content (AvgIpc) is 3.00. The van der Waals surface area contributed by atoms with Crippen LogP contribution in [0.4, 0.5) is 5.69 Å². The second-order valence-electron chi connectivity index (χ2n) is 4.90. The Kier molecular flexibility index (Phi) is 4.74. The van der Waals surface area contributed by atoms with Crippen LogP contribution in [0.15, 0.2) is 52.9 Å². The Bertz CT molecular complexity index is 887. The van der Waals surface area contributed by atoms with E-state index in [1.807, 2.05) is 12.1 Å². The first-order chi connectivity index (χ1) is 11.5. The second-order valence-corrected chi connectivity index (χ2v) is 5.72. The van der Waals surface area contributed by atoms with Crippen molar-refractivity contribution in [2.75, 3.05) is 11.9 Å². The summed E-state index contributed by atoms with van der Waals surface area (Å²) in [5.74, 6) is -1.17. The molecule has 0 atom stereocenters. The number of ether oxygens (including phenoxy) is 1. The summed E-state index contributed by atoms with van der Waals surface area (Å²) in [5.41, 5.74) is 1.03. The maximum Gasteiger partial charge on any atom is 0.374 e. The van der Waals surface area contributed by atoms with E-state index in [2.05, 4.69) is 5.32 Å². The van der Waals surface area contributed by atoms with Crippen LogP contribution >= 0.6 is 23.2 Å². The first-order valence-corrected chi connectivity index (χ1v) is 7.69. The number of benzene rings is 2. The van der Waals surface area contributed by atoms with Gasteiger partial charge in [0.2, 0.25) is 5.76 Å². The number of rotatable bonds is 4. The molecule has 0 spiro atoms. The largest absolute Gasteiger partial charge is 0.450 e. The molecular weight excluding hydrogens is 353 g/mol. The van der Waals surface area contributed by atoms with Crippen LogP contribution in [-0.2, 0) is 9.53 Å². The number of carbonyl (C=O) groups is 2. The summed E-state index contributed by atoms with van der Waals surface area (Å²) in [6.07, 6.45) is 0. The summed E-state index contributed by atoms with van der Waals surface area (Å²) < 4.78 is 10.3. The van der Waals surface area contributed by atoms with Gasteiger partial charge in [0.1, 0.15) is 5.58 Å². The van der Waals surface area contributed by atoms with Gasteiger partial charge in [0.25, 0.3) is 5.91 Å². The standard InChI is InChI=1S/C17H11Cl2NO4/c18-12-6-5-11(8-13(12)19)20-16(21)9-23-17(22)15-7-10-3-1-2-4-14(10)24-15/h1-8H,9H2,(H,20,21). The molecule has 1 heterocycles. The van der Waals surface area contributed by atoms with E-state index in [0.717, 1.165) is 5.39 Å². The molecule has 1 amide bonds. The Labute approximate surface area is 147 Å². The van der Waals surface area contributed by atoms with E-state index in [0.29, 0.717) is 21.3 Å². The fourth-order valence-corrected chi connectivity index (χ4v) is 2.35. The van der Waals surface area contributed by atoms with E-state index in [9.17, 15) is 9.59 Å². The molecule has 1 aromatic heterocycles. The normalized spacial score (nSPS) is 10.6. The van der Waals surface area contributed by atoms with Crippen LogP contribution < -0.4 is 5.32 Å². The van der Waals surface area contributed by atoms with E-state index in [-0.39, 0.29) is 5.76 Å². The number of fused-ring (bicyclic) bond motifs is 1. The Morgan fingerprint density at radius 3 is 2.58 bits per heavy atom. The van der Waals surface area contributed by atoms with Crippen molar-refractivity contribution in [1.82, 2.24) is 0 Å². The van der Waals surface area contributed by atoms with Gasteiger partial charge in [-0.05, 0) is 30.3 Å². The first-order valence-electron chi connectivity index (χ1n) is 6.93. The van der Waals surface area contributed by atoms with Crippen molar-refractivity contribution in [3.8, 4) is 0 Å². The molecule has 0 bridgehead atoms. The lowest BCUT2D eigenvalue weighted by atomic mass is 10.2. The molecule has 0 fully saturated rings. The van der Waals surface area contributed by atoms with Gasteiger partial charge in [0.05, 0.1) is 10.0 Å². The number of amides is 1. The number of furan rings is 1. The molecule has 7 heteroatoms. The lowest BCUT2D eigenvalue weighted by Gasteiger charge is -2.06. The summed E-state index contributed by atoms with van der Waals surface area (Å²) in [7, 11) is 0. The summed E-state index contributed by atoms with van der Waals surface area (Å²) in [5, 5.41) is 4.03. The van der Waals surface area contributed by atoms with Gasteiger partial charge < -0.3 is 14.5 Å².